The van der Waals surface area contributed by atoms with Gasteiger partial charge in [-0.1, -0.05) is 13.8 Å². The lowest BCUT2D eigenvalue weighted by molar-refractivity contribution is 0.826. The fourth-order valence-electron chi connectivity index (χ4n) is 0.598. The molecule has 0 aliphatic rings. The molecule has 1 aromatic heterocycles. The van der Waals surface area contributed by atoms with Crippen molar-refractivity contribution in [3.8, 4) is 0 Å². The summed E-state index contributed by atoms with van der Waals surface area (Å²) in [6.07, 6.45) is 1.48. The highest BCUT2D eigenvalue weighted by molar-refractivity contribution is 5.30. The number of anilines is 1. The van der Waals surface area contributed by atoms with Gasteiger partial charge in [-0.15, -0.1) is 0 Å². The van der Waals surface area contributed by atoms with E-state index in [-0.39, 0.29) is 5.56 Å². The zero-order chi connectivity index (χ0) is 9.56. The van der Waals surface area contributed by atoms with E-state index in [0.717, 1.165) is 0 Å². The Bertz CT molecular complexity index is 280. The third kappa shape index (κ3) is 2.74. The number of nitrogens with one attached hydrogen (secondary N) is 1. The molecule has 4 nitrogen and oxygen atoms in total. The van der Waals surface area contributed by atoms with E-state index in [1.165, 1.54) is 17.0 Å². The summed E-state index contributed by atoms with van der Waals surface area (Å²) in [5.74, 6) is 0.600. The normalized spacial score (nSPS) is 8.33. The third-order valence-electron chi connectivity index (χ3n) is 1.23. The summed E-state index contributed by atoms with van der Waals surface area (Å²) in [6.45, 7) is 4.00. The number of rotatable bonds is 1. The van der Waals surface area contributed by atoms with Crippen molar-refractivity contribution >= 4 is 5.82 Å². The van der Waals surface area contributed by atoms with Gasteiger partial charge in [0.25, 0.3) is 5.56 Å². The SMILES string of the molecule is CC.CNc1cc(=O)n(C)cn1. The van der Waals surface area contributed by atoms with Crippen molar-refractivity contribution in [2.45, 2.75) is 13.8 Å². The van der Waals surface area contributed by atoms with E-state index < -0.39 is 0 Å². The van der Waals surface area contributed by atoms with Crippen LogP contribution in [0.2, 0.25) is 0 Å². The lowest BCUT2D eigenvalue weighted by Gasteiger charge is -1.98. The van der Waals surface area contributed by atoms with Crippen molar-refractivity contribution in [3.05, 3.63) is 22.7 Å². The molecular formula is C8H15N3O. The van der Waals surface area contributed by atoms with Crippen molar-refractivity contribution in [2.75, 3.05) is 12.4 Å². The second kappa shape index (κ2) is 5.35. The quantitative estimate of drug-likeness (QED) is 0.678. The lowest BCUT2D eigenvalue weighted by atomic mass is 10.6. The van der Waals surface area contributed by atoms with Gasteiger partial charge in [0.1, 0.15) is 5.82 Å². The van der Waals surface area contributed by atoms with Gasteiger partial charge in [-0.25, -0.2) is 4.98 Å². The standard InChI is InChI=1S/C6H9N3O.C2H6/c1-7-5-3-6(10)9(2)4-8-5;1-2/h3-4,7H,1-2H3;1-2H3. The van der Waals surface area contributed by atoms with Crippen LogP contribution < -0.4 is 10.9 Å². The molecule has 0 saturated carbocycles. The van der Waals surface area contributed by atoms with Gasteiger partial charge in [0.2, 0.25) is 0 Å². The van der Waals surface area contributed by atoms with Gasteiger partial charge >= 0.3 is 0 Å². The minimum atomic E-state index is -0.0562. The summed E-state index contributed by atoms with van der Waals surface area (Å²) < 4.78 is 1.42. The molecule has 68 valence electrons. The van der Waals surface area contributed by atoms with E-state index in [1.807, 2.05) is 13.8 Å². The molecular weight excluding hydrogens is 154 g/mol. The molecule has 0 spiro atoms. The highest BCUT2D eigenvalue weighted by Crippen LogP contribution is 1.91. The van der Waals surface area contributed by atoms with Crippen LogP contribution >= 0.6 is 0 Å². The first-order chi connectivity index (χ1) is 5.74. The van der Waals surface area contributed by atoms with Gasteiger partial charge in [0.15, 0.2) is 0 Å². The van der Waals surface area contributed by atoms with Gasteiger partial charge in [0.05, 0.1) is 6.33 Å². The topological polar surface area (TPSA) is 46.9 Å². The second-order valence-corrected chi connectivity index (χ2v) is 1.97. The first-order valence-corrected chi connectivity index (χ1v) is 3.94. The predicted molar refractivity (Wildman–Crippen MR) is 50.4 cm³/mol. The van der Waals surface area contributed by atoms with Gasteiger partial charge < -0.3 is 9.88 Å². The van der Waals surface area contributed by atoms with Gasteiger partial charge in [-0.05, 0) is 0 Å². The van der Waals surface area contributed by atoms with Crippen LogP contribution in [0.4, 0.5) is 5.82 Å². The summed E-state index contributed by atoms with van der Waals surface area (Å²) >= 11 is 0. The van der Waals surface area contributed by atoms with Crippen LogP contribution in [0.15, 0.2) is 17.2 Å². The molecule has 0 unspecified atom stereocenters. The molecule has 0 aromatic carbocycles. The molecule has 0 aliphatic carbocycles. The summed E-state index contributed by atoms with van der Waals surface area (Å²) in [7, 11) is 3.39. The summed E-state index contributed by atoms with van der Waals surface area (Å²) in [4.78, 5) is 14.8. The first kappa shape index (κ1) is 10.7. The average molecular weight is 169 g/mol. The average Bonchev–Trinajstić information content (AvgIpc) is 2.13. The van der Waals surface area contributed by atoms with E-state index in [2.05, 4.69) is 10.3 Å². The van der Waals surface area contributed by atoms with Crippen LogP contribution in [0.1, 0.15) is 13.8 Å². The van der Waals surface area contributed by atoms with Crippen molar-refractivity contribution in [3.63, 3.8) is 0 Å². The monoisotopic (exact) mass is 169 g/mol. The first-order valence-electron chi connectivity index (χ1n) is 3.94. The maximum Gasteiger partial charge on any atom is 0.255 e. The van der Waals surface area contributed by atoms with Gasteiger partial charge in [0, 0.05) is 20.2 Å². The molecule has 4 heteroatoms. The molecule has 0 saturated heterocycles. The van der Waals surface area contributed by atoms with E-state index >= 15 is 0 Å². The van der Waals surface area contributed by atoms with Crippen LogP contribution in [0.3, 0.4) is 0 Å². The molecule has 0 radical (unpaired) electrons. The Kier molecular flexibility index (Phi) is 4.76. The molecule has 1 heterocycles. The molecule has 1 N–H and O–H groups in total. The minimum Gasteiger partial charge on any atom is -0.373 e. The van der Waals surface area contributed by atoms with E-state index in [9.17, 15) is 4.79 Å². The zero-order valence-electron chi connectivity index (χ0n) is 7.96. The van der Waals surface area contributed by atoms with E-state index in [0.29, 0.717) is 5.82 Å². The largest absolute Gasteiger partial charge is 0.373 e. The van der Waals surface area contributed by atoms with Crippen molar-refractivity contribution in [1.29, 1.82) is 0 Å². The Balaban J connectivity index is 0.000000561. The molecule has 0 fully saturated rings. The summed E-state index contributed by atoms with van der Waals surface area (Å²) in [6, 6.07) is 1.44. The molecule has 0 bridgehead atoms. The highest BCUT2D eigenvalue weighted by atomic mass is 16.1. The number of aryl methyl sites for hydroxylation is 1. The smallest absolute Gasteiger partial charge is 0.255 e. The van der Waals surface area contributed by atoms with Crippen LogP contribution in [-0.2, 0) is 7.05 Å². The minimum absolute atomic E-state index is 0.0562. The second-order valence-electron chi connectivity index (χ2n) is 1.97. The maximum absolute atomic E-state index is 10.9. The third-order valence-corrected chi connectivity index (χ3v) is 1.23. The maximum atomic E-state index is 10.9. The molecule has 0 atom stereocenters. The fraction of sp³-hybridized carbons (Fsp3) is 0.500. The molecule has 12 heavy (non-hydrogen) atoms. The van der Waals surface area contributed by atoms with Crippen molar-refractivity contribution < 1.29 is 0 Å². The number of nitrogens with zero attached hydrogens (tertiary/aromatic N) is 2. The van der Waals surface area contributed by atoms with Crippen LogP contribution in [0.25, 0.3) is 0 Å². The predicted octanol–water partition coefficient (Wildman–Crippen LogP) is 0.848. The van der Waals surface area contributed by atoms with Crippen LogP contribution in [0.5, 0.6) is 0 Å². The molecule has 0 amide bonds. The number of hydrogen-bond donors (Lipinski definition) is 1. The van der Waals surface area contributed by atoms with Gasteiger partial charge in [-0.3, -0.25) is 4.79 Å². The van der Waals surface area contributed by atoms with Crippen molar-refractivity contribution in [2.24, 2.45) is 7.05 Å². The summed E-state index contributed by atoms with van der Waals surface area (Å²) in [5, 5.41) is 2.77. The highest BCUT2D eigenvalue weighted by Gasteiger charge is 1.91. The Morgan fingerprint density at radius 3 is 2.50 bits per heavy atom. The Morgan fingerprint density at radius 1 is 1.50 bits per heavy atom. The Morgan fingerprint density at radius 2 is 2.08 bits per heavy atom. The summed E-state index contributed by atoms with van der Waals surface area (Å²) in [5.41, 5.74) is -0.0562. The van der Waals surface area contributed by atoms with Crippen LogP contribution in [0, 0.1) is 0 Å². The van der Waals surface area contributed by atoms with E-state index in [1.54, 1.807) is 14.1 Å². The van der Waals surface area contributed by atoms with Crippen molar-refractivity contribution in [1.82, 2.24) is 9.55 Å². The molecule has 1 aromatic rings. The Hall–Kier alpha value is -1.32. The molecule has 0 aliphatic heterocycles. The van der Waals surface area contributed by atoms with E-state index in [4.69, 9.17) is 0 Å². The Labute approximate surface area is 72.3 Å². The number of hydrogen-bond acceptors (Lipinski definition) is 3. The van der Waals surface area contributed by atoms with Gasteiger partial charge in [-0.2, -0.15) is 0 Å². The zero-order valence-corrected chi connectivity index (χ0v) is 7.96. The number of aromatic nitrogens is 2. The fourth-order valence-corrected chi connectivity index (χ4v) is 0.598. The van der Waals surface area contributed by atoms with Crippen LogP contribution in [-0.4, -0.2) is 16.6 Å². The lowest BCUT2D eigenvalue weighted by Crippen LogP contribution is -2.16. The molecule has 1 rings (SSSR count).